The molecule has 0 spiro atoms. The molecule has 0 atom stereocenters. The molecule has 0 radical (unpaired) electrons. The van der Waals surface area contributed by atoms with Gasteiger partial charge in [-0.05, 0) is 18.2 Å². The summed E-state index contributed by atoms with van der Waals surface area (Å²) in [6.07, 6.45) is 2.75. The number of hydrogen-bond donors (Lipinski definition) is 1. The van der Waals surface area contributed by atoms with E-state index in [1.165, 1.54) is 0 Å². The van der Waals surface area contributed by atoms with Gasteiger partial charge in [-0.3, -0.25) is 9.69 Å². The largest absolute Gasteiger partial charge is 0.310 e. The molecule has 1 aliphatic rings. The third-order valence-corrected chi connectivity index (χ3v) is 4.66. The number of nitrogens with one attached hydrogen (secondary N) is 1. The van der Waals surface area contributed by atoms with Crippen LogP contribution in [0.3, 0.4) is 0 Å². The van der Waals surface area contributed by atoms with E-state index in [0.717, 1.165) is 47.8 Å². The molecular weight excluding hydrogens is 314 g/mol. The monoisotopic (exact) mass is 337 g/mol. The van der Waals surface area contributed by atoms with Crippen LogP contribution in [0, 0.1) is 0 Å². The van der Waals surface area contributed by atoms with Crippen molar-refractivity contribution < 1.29 is 0 Å². The number of nitrogens with zero attached hydrogens (tertiary/aromatic N) is 4. The van der Waals surface area contributed by atoms with E-state index < -0.39 is 0 Å². The minimum atomic E-state index is -0.151. The van der Waals surface area contributed by atoms with E-state index in [-0.39, 0.29) is 11.0 Å². The molecule has 0 aliphatic carbocycles. The number of hydrogen-bond acceptors (Lipinski definition) is 4. The maximum atomic E-state index is 12.5. The van der Waals surface area contributed by atoms with Crippen LogP contribution in [0.2, 0.25) is 0 Å². The first-order valence-electron chi connectivity index (χ1n) is 8.68. The lowest BCUT2D eigenvalue weighted by molar-refractivity contribution is 0.238. The van der Waals surface area contributed by atoms with Crippen molar-refractivity contribution in [2.45, 2.75) is 45.7 Å². The summed E-state index contributed by atoms with van der Waals surface area (Å²) in [5, 5.41) is 4.61. The third kappa shape index (κ3) is 3.09. The smallest absolute Gasteiger partial charge is 0.255 e. The summed E-state index contributed by atoms with van der Waals surface area (Å²) in [6.45, 7) is 8.45. The van der Waals surface area contributed by atoms with E-state index >= 15 is 0 Å². The van der Waals surface area contributed by atoms with E-state index in [4.69, 9.17) is 4.98 Å². The van der Waals surface area contributed by atoms with Gasteiger partial charge in [0.15, 0.2) is 0 Å². The molecule has 0 amide bonds. The Bertz CT molecular complexity index is 946. The van der Waals surface area contributed by atoms with Gasteiger partial charge in [0.25, 0.3) is 5.56 Å². The molecule has 6 heteroatoms. The lowest BCUT2D eigenvalue weighted by Gasteiger charge is -2.28. The van der Waals surface area contributed by atoms with Crippen molar-refractivity contribution >= 4 is 5.52 Å². The van der Waals surface area contributed by atoms with Crippen LogP contribution in [-0.4, -0.2) is 31.0 Å². The highest BCUT2D eigenvalue weighted by atomic mass is 16.1. The summed E-state index contributed by atoms with van der Waals surface area (Å²) in [5.41, 5.74) is 3.69. The van der Waals surface area contributed by atoms with Gasteiger partial charge in [0.05, 0.1) is 22.5 Å². The lowest BCUT2D eigenvalue weighted by atomic mass is 9.95. The average molecular weight is 337 g/mol. The van der Waals surface area contributed by atoms with E-state index in [0.29, 0.717) is 6.54 Å². The van der Waals surface area contributed by atoms with Crippen molar-refractivity contribution in [2.75, 3.05) is 6.54 Å². The molecule has 0 saturated carbocycles. The van der Waals surface area contributed by atoms with Crippen LogP contribution in [0.1, 0.15) is 43.5 Å². The van der Waals surface area contributed by atoms with E-state index in [9.17, 15) is 4.79 Å². The molecule has 25 heavy (non-hydrogen) atoms. The number of fused-ring (bicyclic) bond motifs is 2. The van der Waals surface area contributed by atoms with Crippen molar-refractivity contribution in [3.8, 4) is 0 Å². The quantitative estimate of drug-likeness (QED) is 0.779. The number of pyridine rings is 1. The maximum Gasteiger partial charge on any atom is 0.255 e. The topological polar surface area (TPSA) is 66.3 Å². The van der Waals surface area contributed by atoms with Gasteiger partial charge in [0.1, 0.15) is 5.82 Å². The molecule has 0 fully saturated rings. The van der Waals surface area contributed by atoms with Crippen LogP contribution in [0.5, 0.6) is 0 Å². The van der Waals surface area contributed by atoms with E-state index in [2.05, 4.69) is 41.8 Å². The standard InChI is InChI=1S/C19H23N5O/c1-19(2,3)18-20-16-7-9-23(12-15(16)17(25)21-18)11-13-10-14-6-4-5-8-24(14)22-13/h4-6,8,10H,7,9,11-12H2,1-3H3,(H,20,21,25). The molecule has 0 unspecified atom stereocenters. The minimum absolute atomic E-state index is 0.00498. The fourth-order valence-corrected chi connectivity index (χ4v) is 3.27. The molecule has 130 valence electrons. The van der Waals surface area contributed by atoms with Crippen LogP contribution in [0.4, 0.5) is 0 Å². The number of H-pyrrole nitrogens is 1. The van der Waals surface area contributed by atoms with Gasteiger partial charge >= 0.3 is 0 Å². The second-order valence-electron chi connectivity index (χ2n) is 7.76. The first-order valence-corrected chi connectivity index (χ1v) is 8.68. The Morgan fingerprint density at radius 3 is 2.88 bits per heavy atom. The summed E-state index contributed by atoms with van der Waals surface area (Å²) in [5.74, 6) is 0.769. The first-order chi connectivity index (χ1) is 11.9. The second-order valence-corrected chi connectivity index (χ2v) is 7.76. The van der Waals surface area contributed by atoms with E-state index in [1.807, 2.05) is 28.9 Å². The Kier molecular flexibility index (Phi) is 3.72. The molecule has 1 N–H and O–H groups in total. The minimum Gasteiger partial charge on any atom is -0.310 e. The Morgan fingerprint density at radius 1 is 1.28 bits per heavy atom. The Morgan fingerprint density at radius 2 is 2.12 bits per heavy atom. The molecule has 3 aromatic rings. The summed E-state index contributed by atoms with van der Waals surface area (Å²) in [7, 11) is 0. The molecule has 3 aromatic heterocycles. The van der Waals surface area contributed by atoms with Gasteiger partial charge in [-0.2, -0.15) is 5.10 Å². The van der Waals surface area contributed by atoms with Crippen LogP contribution < -0.4 is 5.56 Å². The van der Waals surface area contributed by atoms with Crippen LogP contribution in [0.15, 0.2) is 35.3 Å². The fourth-order valence-electron chi connectivity index (χ4n) is 3.27. The highest BCUT2D eigenvalue weighted by molar-refractivity contribution is 5.46. The molecule has 0 bridgehead atoms. The summed E-state index contributed by atoms with van der Waals surface area (Å²) < 4.78 is 1.89. The first kappa shape index (κ1) is 16.0. The second kappa shape index (κ2) is 5.81. The average Bonchev–Trinajstić information content (AvgIpc) is 2.96. The third-order valence-electron chi connectivity index (χ3n) is 4.66. The molecule has 0 saturated heterocycles. The predicted octanol–water partition coefficient (Wildman–Crippen LogP) is 2.27. The van der Waals surface area contributed by atoms with Crippen molar-refractivity contribution in [1.82, 2.24) is 24.5 Å². The number of aromatic amines is 1. The Hall–Kier alpha value is -2.47. The van der Waals surface area contributed by atoms with Gasteiger partial charge in [0, 0.05) is 37.7 Å². The van der Waals surface area contributed by atoms with Crippen molar-refractivity contribution in [3.05, 3.63) is 63.6 Å². The molecular formula is C19H23N5O. The zero-order valence-corrected chi connectivity index (χ0v) is 14.9. The number of rotatable bonds is 2. The number of aromatic nitrogens is 4. The molecule has 4 rings (SSSR count). The molecule has 6 nitrogen and oxygen atoms in total. The summed E-state index contributed by atoms with van der Waals surface area (Å²) in [4.78, 5) is 22.5. The predicted molar refractivity (Wildman–Crippen MR) is 96.6 cm³/mol. The summed E-state index contributed by atoms with van der Waals surface area (Å²) in [6, 6.07) is 8.13. The van der Waals surface area contributed by atoms with E-state index in [1.54, 1.807) is 0 Å². The Labute approximate surface area is 146 Å². The highest BCUT2D eigenvalue weighted by Gasteiger charge is 2.25. The van der Waals surface area contributed by atoms with Gasteiger partial charge in [0.2, 0.25) is 0 Å². The zero-order valence-electron chi connectivity index (χ0n) is 14.9. The van der Waals surface area contributed by atoms with Gasteiger partial charge in [-0.15, -0.1) is 0 Å². The van der Waals surface area contributed by atoms with Gasteiger partial charge in [-0.25, -0.2) is 9.50 Å². The van der Waals surface area contributed by atoms with Crippen LogP contribution in [0.25, 0.3) is 5.52 Å². The van der Waals surface area contributed by atoms with Crippen LogP contribution >= 0.6 is 0 Å². The van der Waals surface area contributed by atoms with Gasteiger partial charge in [-0.1, -0.05) is 26.8 Å². The molecule has 4 heterocycles. The van der Waals surface area contributed by atoms with Crippen molar-refractivity contribution in [1.29, 1.82) is 0 Å². The fraction of sp³-hybridized carbons (Fsp3) is 0.421. The Balaban J connectivity index is 1.57. The van der Waals surface area contributed by atoms with Crippen LogP contribution in [-0.2, 0) is 24.9 Å². The zero-order chi connectivity index (χ0) is 17.6. The summed E-state index contributed by atoms with van der Waals surface area (Å²) >= 11 is 0. The normalized spacial score (nSPS) is 15.5. The lowest BCUT2D eigenvalue weighted by Crippen LogP contribution is -2.37. The molecule has 0 aromatic carbocycles. The van der Waals surface area contributed by atoms with Crippen molar-refractivity contribution in [2.24, 2.45) is 0 Å². The SMILES string of the molecule is CC(C)(C)c1nc2c(c(=O)[nH]1)CN(Cc1cc3ccccn3n1)CC2. The molecule has 1 aliphatic heterocycles. The van der Waals surface area contributed by atoms with Crippen molar-refractivity contribution in [3.63, 3.8) is 0 Å². The highest BCUT2D eigenvalue weighted by Crippen LogP contribution is 2.21. The van der Waals surface area contributed by atoms with Gasteiger partial charge < -0.3 is 4.98 Å². The maximum absolute atomic E-state index is 12.5.